The van der Waals surface area contributed by atoms with Crippen molar-refractivity contribution in [3.8, 4) is 0 Å². The van der Waals surface area contributed by atoms with Gasteiger partial charge in [0, 0.05) is 25.7 Å². The standard InChI is InChI=1S/C10H18N2/c1-2-5-12-6-8-3-4-9(7-12)10(8)11/h2,8-10H,1,3-7,11H2. The fraction of sp³-hybridized carbons (Fsp3) is 0.800. The summed E-state index contributed by atoms with van der Waals surface area (Å²) in [5, 5.41) is 0. The third-order valence-electron chi connectivity index (χ3n) is 3.37. The lowest BCUT2D eigenvalue weighted by atomic mass is 9.93. The second-order valence-electron chi connectivity index (χ2n) is 4.18. The molecule has 1 saturated heterocycles. The van der Waals surface area contributed by atoms with Crippen LogP contribution >= 0.6 is 0 Å². The van der Waals surface area contributed by atoms with Crippen molar-refractivity contribution in [2.45, 2.75) is 18.9 Å². The van der Waals surface area contributed by atoms with E-state index in [9.17, 15) is 0 Å². The molecule has 1 aliphatic heterocycles. The van der Waals surface area contributed by atoms with Gasteiger partial charge in [0.2, 0.25) is 0 Å². The highest BCUT2D eigenvalue weighted by Gasteiger charge is 2.39. The van der Waals surface area contributed by atoms with Crippen LogP contribution in [0.15, 0.2) is 12.7 Å². The molecule has 2 unspecified atom stereocenters. The largest absolute Gasteiger partial charge is 0.327 e. The molecule has 1 aliphatic carbocycles. The average Bonchev–Trinajstić information content (AvgIpc) is 2.33. The first-order valence-electron chi connectivity index (χ1n) is 4.90. The molecule has 2 atom stereocenters. The van der Waals surface area contributed by atoms with E-state index in [4.69, 9.17) is 5.73 Å². The van der Waals surface area contributed by atoms with Crippen LogP contribution in [0.2, 0.25) is 0 Å². The Bertz CT molecular complexity index is 165. The average molecular weight is 166 g/mol. The monoisotopic (exact) mass is 166 g/mol. The Labute approximate surface area is 74.4 Å². The van der Waals surface area contributed by atoms with Crippen molar-refractivity contribution in [2.75, 3.05) is 19.6 Å². The summed E-state index contributed by atoms with van der Waals surface area (Å²) >= 11 is 0. The number of likely N-dealkylation sites (tertiary alicyclic amines) is 1. The number of hydrogen-bond donors (Lipinski definition) is 1. The molecule has 0 aromatic rings. The maximum Gasteiger partial charge on any atom is 0.0160 e. The van der Waals surface area contributed by atoms with Crippen LogP contribution in [0.25, 0.3) is 0 Å². The van der Waals surface area contributed by atoms with E-state index in [2.05, 4.69) is 11.5 Å². The van der Waals surface area contributed by atoms with Crippen molar-refractivity contribution in [2.24, 2.45) is 17.6 Å². The number of piperidine rings is 1. The van der Waals surface area contributed by atoms with Gasteiger partial charge < -0.3 is 5.73 Å². The molecule has 0 amide bonds. The smallest absolute Gasteiger partial charge is 0.0160 e. The summed E-state index contributed by atoms with van der Waals surface area (Å²) in [6.07, 6.45) is 4.69. The molecule has 1 saturated carbocycles. The van der Waals surface area contributed by atoms with Crippen LogP contribution in [0.4, 0.5) is 0 Å². The van der Waals surface area contributed by atoms with Crippen molar-refractivity contribution in [1.82, 2.24) is 4.90 Å². The van der Waals surface area contributed by atoms with Crippen molar-refractivity contribution in [3.63, 3.8) is 0 Å². The highest BCUT2D eigenvalue weighted by Crippen LogP contribution is 2.35. The van der Waals surface area contributed by atoms with E-state index in [-0.39, 0.29) is 0 Å². The Balaban J connectivity index is 1.97. The van der Waals surface area contributed by atoms with Crippen LogP contribution in [0.1, 0.15) is 12.8 Å². The van der Waals surface area contributed by atoms with E-state index >= 15 is 0 Å². The first-order chi connectivity index (χ1) is 5.81. The molecule has 2 nitrogen and oxygen atoms in total. The number of fused-ring (bicyclic) bond motifs is 2. The van der Waals surface area contributed by atoms with E-state index < -0.39 is 0 Å². The van der Waals surface area contributed by atoms with Crippen LogP contribution in [0.3, 0.4) is 0 Å². The van der Waals surface area contributed by atoms with Gasteiger partial charge in [-0.2, -0.15) is 0 Å². The maximum absolute atomic E-state index is 6.09. The Morgan fingerprint density at radius 1 is 1.33 bits per heavy atom. The topological polar surface area (TPSA) is 29.3 Å². The minimum atomic E-state index is 0.492. The minimum Gasteiger partial charge on any atom is -0.327 e. The summed E-state index contributed by atoms with van der Waals surface area (Å²) in [4.78, 5) is 2.48. The van der Waals surface area contributed by atoms with Crippen LogP contribution in [0.5, 0.6) is 0 Å². The molecule has 68 valence electrons. The Morgan fingerprint density at radius 3 is 2.42 bits per heavy atom. The van der Waals surface area contributed by atoms with Crippen molar-refractivity contribution in [1.29, 1.82) is 0 Å². The zero-order valence-corrected chi connectivity index (χ0v) is 7.58. The van der Waals surface area contributed by atoms with Crippen molar-refractivity contribution < 1.29 is 0 Å². The number of nitrogens with two attached hydrogens (primary N) is 1. The normalized spacial score (nSPS) is 41.6. The summed E-state index contributed by atoms with van der Waals surface area (Å²) in [5.74, 6) is 1.53. The van der Waals surface area contributed by atoms with Gasteiger partial charge in [0.05, 0.1) is 0 Å². The predicted molar refractivity (Wildman–Crippen MR) is 50.8 cm³/mol. The van der Waals surface area contributed by atoms with Gasteiger partial charge in [-0.15, -0.1) is 6.58 Å². The highest BCUT2D eigenvalue weighted by molar-refractivity contribution is 4.96. The molecule has 2 N–H and O–H groups in total. The van der Waals surface area contributed by atoms with Gasteiger partial charge in [-0.3, -0.25) is 4.90 Å². The number of hydrogen-bond acceptors (Lipinski definition) is 2. The second kappa shape index (κ2) is 3.19. The molecule has 0 radical (unpaired) electrons. The third-order valence-corrected chi connectivity index (χ3v) is 3.37. The van der Waals surface area contributed by atoms with Gasteiger partial charge in [-0.1, -0.05) is 6.08 Å². The molecule has 1 heterocycles. The van der Waals surface area contributed by atoms with Crippen LogP contribution in [-0.2, 0) is 0 Å². The maximum atomic E-state index is 6.09. The van der Waals surface area contributed by atoms with E-state index in [0.29, 0.717) is 6.04 Å². The molecular weight excluding hydrogens is 148 g/mol. The Kier molecular flexibility index (Phi) is 2.20. The van der Waals surface area contributed by atoms with E-state index in [1.165, 1.54) is 25.9 Å². The SMILES string of the molecule is C=CCN1CC2CCC(C1)C2N. The molecule has 0 spiro atoms. The zero-order chi connectivity index (χ0) is 8.55. The lowest BCUT2D eigenvalue weighted by Crippen LogP contribution is -2.48. The van der Waals surface area contributed by atoms with Gasteiger partial charge in [0.1, 0.15) is 0 Å². The molecule has 0 aromatic heterocycles. The molecule has 0 aromatic carbocycles. The van der Waals surface area contributed by atoms with Crippen LogP contribution in [0, 0.1) is 11.8 Å². The van der Waals surface area contributed by atoms with Gasteiger partial charge >= 0.3 is 0 Å². The summed E-state index contributed by atoms with van der Waals surface area (Å²) < 4.78 is 0. The van der Waals surface area contributed by atoms with Crippen molar-refractivity contribution >= 4 is 0 Å². The van der Waals surface area contributed by atoms with Gasteiger partial charge in [-0.25, -0.2) is 0 Å². The van der Waals surface area contributed by atoms with Gasteiger partial charge in [0.25, 0.3) is 0 Å². The lowest BCUT2D eigenvalue weighted by molar-refractivity contribution is 0.161. The van der Waals surface area contributed by atoms with Crippen LogP contribution < -0.4 is 5.73 Å². The van der Waals surface area contributed by atoms with E-state index in [1.54, 1.807) is 0 Å². The van der Waals surface area contributed by atoms with E-state index in [0.717, 1.165) is 18.4 Å². The summed E-state index contributed by atoms with van der Waals surface area (Å²) in [5.41, 5.74) is 6.09. The first-order valence-corrected chi connectivity index (χ1v) is 4.90. The second-order valence-corrected chi connectivity index (χ2v) is 4.18. The zero-order valence-electron chi connectivity index (χ0n) is 7.58. The molecular formula is C10H18N2. The summed E-state index contributed by atoms with van der Waals surface area (Å²) in [6, 6.07) is 0.492. The fourth-order valence-electron chi connectivity index (χ4n) is 2.69. The molecule has 12 heavy (non-hydrogen) atoms. The molecule has 2 heteroatoms. The highest BCUT2D eigenvalue weighted by atomic mass is 15.1. The predicted octanol–water partition coefficient (Wildman–Crippen LogP) is 0.841. The summed E-state index contributed by atoms with van der Waals surface area (Å²) in [7, 11) is 0. The van der Waals surface area contributed by atoms with E-state index in [1.807, 2.05) is 6.08 Å². The molecule has 2 fully saturated rings. The van der Waals surface area contributed by atoms with Gasteiger partial charge in [-0.05, 0) is 24.7 Å². The molecule has 2 rings (SSSR count). The quantitative estimate of drug-likeness (QED) is 0.616. The number of nitrogens with zero attached hydrogens (tertiary/aromatic N) is 1. The third kappa shape index (κ3) is 1.29. The lowest BCUT2D eigenvalue weighted by Gasteiger charge is -2.35. The summed E-state index contributed by atoms with van der Waals surface area (Å²) in [6.45, 7) is 7.21. The number of rotatable bonds is 2. The van der Waals surface area contributed by atoms with Gasteiger partial charge in [0.15, 0.2) is 0 Å². The van der Waals surface area contributed by atoms with Crippen LogP contribution in [-0.4, -0.2) is 30.6 Å². The molecule has 2 aliphatic rings. The minimum absolute atomic E-state index is 0.492. The Hall–Kier alpha value is -0.340. The Morgan fingerprint density at radius 2 is 1.92 bits per heavy atom. The fourth-order valence-corrected chi connectivity index (χ4v) is 2.69. The first kappa shape index (κ1) is 8.27. The van der Waals surface area contributed by atoms with Crippen molar-refractivity contribution in [3.05, 3.63) is 12.7 Å². The molecule has 2 bridgehead atoms.